The van der Waals surface area contributed by atoms with E-state index < -0.39 is 11.7 Å². The minimum Gasteiger partial charge on any atom is -0.381 e. The summed E-state index contributed by atoms with van der Waals surface area (Å²) >= 11 is 0. The van der Waals surface area contributed by atoms with Crippen molar-refractivity contribution in [2.24, 2.45) is 0 Å². The molecule has 0 radical (unpaired) electrons. The summed E-state index contributed by atoms with van der Waals surface area (Å²) in [6.45, 7) is 2.59. The molecule has 19 heavy (non-hydrogen) atoms. The zero-order chi connectivity index (χ0) is 13.9. The number of halogens is 3. The molecule has 3 nitrogen and oxygen atoms in total. The smallest absolute Gasteiger partial charge is 0.381 e. The van der Waals surface area contributed by atoms with Crippen molar-refractivity contribution in [3.8, 4) is 0 Å². The van der Waals surface area contributed by atoms with Crippen LogP contribution in [0.25, 0.3) is 0 Å². The van der Waals surface area contributed by atoms with E-state index in [1.165, 1.54) is 12.1 Å². The molecule has 1 aromatic heterocycles. The quantitative estimate of drug-likeness (QED) is 0.921. The molecule has 0 bridgehead atoms. The molecule has 0 fully saturated rings. The summed E-state index contributed by atoms with van der Waals surface area (Å²) in [7, 11) is 0. The number of nitrogens with zero attached hydrogens (tertiary/aromatic N) is 2. The van der Waals surface area contributed by atoms with Gasteiger partial charge in [-0.05, 0) is 37.3 Å². The third kappa shape index (κ3) is 3.74. The molecular formula is C13H14F3N3. The Kier molecular flexibility index (Phi) is 3.78. The van der Waals surface area contributed by atoms with Gasteiger partial charge in [0, 0.05) is 24.1 Å². The molecule has 1 aromatic carbocycles. The second kappa shape index (κ2) is 5.34. The highest BCUT2D eigenvalue weighted by atomic mass is 19.4. The van der Waals surface area contributed by atoms with Crippen molar-refractivity contribution in [3.63, 3.8) is 0 Å². The lowest BCUT2D eigenvalue weighted by Gasteiger charge is -2.16. The van der Waals surface area contributed by atoms with Gasteiger partial charge in [0.05, 0.1) is 12.1 Å². The van der Waals surface area contributed by atoms with Gasteiger partial charge < -0.3 is 5.32 Å². The molecule has 1 N–H and O–H groups in total. The second-order valence-electron chi connectivity index (χ2n) is 4.35. The molecule has 2 rings (SSSR count). The van der Waals surface area contributed by atoms with Crippen LogP contribution in [0.15, 0.2) is 42.7 Å². The summed E-state index contributed by atoms with van der Waals surface area (Å²) in [5.74, 6) is 0. The highest BCUT2D eigenvalue weighted by Gasteiger charge is 2.29. The molecule has 1 heterocycles. The Morgan fingerprint density at radius 1 is 1.26 bits per heavy atom. The SMILES string of the molecule is CC(Cn1cccn1)Nc1ccc(C(F)(F)F)cc1. The Morgan fingerprint density at radius 3 is 2.47 bits per heavy atom. The Labute approximate surface area is 109 Å². The number of aromatic nitrogens is 2. The standard InChI is InChI=1S/C13H14F3N3/c1-10(9-19-8-2-7-17-19)18-12-5-3-11(4-6-12)13(14,15)16/h2-8,10,18H,9H2,1H3. The lowest BCUT2D eigenvalue weighted by atomic mass is 10.2. The minimum absolute atomic E-state index is 0.0663. The number of rotatable bonds is 4. The molecular weight excluding hydrogens is 255 g/mol. The van der Waals surface area contributed by atoms with Crippen molar-refractivity contribution in [2.45, 2.75) is 25.7 Å². The van der Waals surface area contributed by atoms with Crippen molar-refractivity contribution in [2.75, 3.05) is 5.32 Å². The van der Waals surface area contributed by atoms with Crippen LogP contribution in [0.1, 0.15) is 12.5 Å². The van der Waals surface area contributed by atoms with Gasteiger partial charge >= 0.3 is 6.18 Å². The first-order valence-electron chi connectivity index (χ1n) is 5.86. The highest BCUT2D eigenvalue weighted by molar-refractivity contribution is 5.45. The molecule has 0 saturated carbocycles. The lowest BCUT2D eigenvalue weighted by molar-refractivity contribution is -0.137. The molecule has 1 unspecified atom stereocenters. The van der Waals surface area contributed by atoms with Crippen LogP contribution in [0.2, 0.25) is 0 Å². The summed E-state index contributed by atoms with van der Waals surface area (Å²) in [6, 6.07) is 6.90. The van der Waals surface area contributed by atoms with Crippen molar-refractivity contribution >= 4 is 5.69 Å². The minimum atomic E-state index is -4.29. The number of hydrogen-bond donors (Lipinski definition) is 1. The molecule has 102 valence electrons. The second-order valence-corrected chi connectivity index (χ2v) is 4.35. The van der Waals surface area contributed by atoms with Crippen LogP contribution >= 0.6 is 0 Å². The van der Waals surface area contributed by atoms with Crippen molar-refractivity contribution < 1.29 is 13.2 Å². The number of nitrogens with one attached hydrogen (secondary N) is 1. The largest absolute Gasteiger partial charge is 0.416 e. The Balaban J connectivity index is 1.96. The molecule has 0 saturated heterocycles. The molecule has 6 heteroatoms. The van der Waals surface area contributed by atoms with Crippen LogP contribution in [0.5, 0.6) is 0 Å². The van der Waals surface area contributed by atoms with E-state index in [9.17, 15) is 13.2 Å². The predicted octanol–water partition coefficient (Wildman–Crippen LogP) is 3.40. The first-order valence-corrected chi connectivity index (χ1v) is 5.86. The van der Waals surface area contributed by atoms with Crippen molar-refractivity contribution in [1.82, 2.24) is 9.78 Å². The van der Waals surface area contributed by atoms with Gasteiger partial charge in [-0.25, -0.2) is 0 Å². The lowest BCUT2D eigenvalue weighted by Crippen LogP contribution is -2.22. The Morgan fingerprint density at radius 2 is 1.95 bits per heavy atom. The van der Waals surface area contributed by atoms with E-state index >= 15 is 0 Å². The Bertz CT molecular complexity index is 503. The number of benzene rings is 1. The van der Waals surface area contributed by atoms with E-state index in [0.717, 1.165) is 12.1 Å². The zero-order valence-electron chi connectivity index (χ0n) is 10.4. The monoisotopic (exact) mass is 269 g/mol. The summed E-state index contributed by atoms with van der Waals surface area (Å²) in [6.07, 6.45) is -0.769. The van der Waals surface area contributed by atoms with Gasteiger partial charge in [0.15, 0.2) is 0 Å². The highest BCUT2D eigenvalue weighted by Crippen LogP contribution is 2.29. The van der Waals surface area contributed by atoms with E-state index in [0.29, 0.717) is 12.2 Å². The summed E-state index contributed by atoms with van der Waals surface area (Å²) in [5.41, 5.74) is 0.0189. The number of alkyl halides is 3. The van der Waals surface area contributed by atoms with E-state index in [4.69, 9.17) is 0 Å². The summed E-state index contributed by atoms with van der Waals surface area (Å²) < 4.78 is 39.0. The molecule has 0 aliphatic carbocycles. The van der Waals surface area contributed by atoms with Crippen LogP contribution in [-0.2, 0) is 12.7 Å². The third-order valence-corrected chi connectivity index (χ3v) is 2.65. The van der Waals surface area contributed by atoms with Gasteiger partial charge in [-0.1, -0.05) is 0 Å². The van der Waals surface area contributed by atoms with Crippen LogP contribution in [0.4, 0.5) is 18.9 Å². The Hall–Kier alpha value is -1.98. The fourth-order valence-electron chi connectivity index (χ4n) is 1.77. The normalized spacial score (nSPS) is 13.3. The van der Waals surface area contributed by atoms with Crippen LogP contribution < -0.4 is 5.32 Å². The van der Waals surface area contributed by atoms with Crippen LogP contribution in [0, 0.1) is 0 Å². The fourth-order valence-corrected chi connectivity index (χ4v) is 1.77. The van der Waals surface area contributed by atoms with E-state index in [1.54, 1.807) is 10.9 Å². The molecule has 0 amide bonds. The molecule has 1 atom stereocenters. The predicted molar refractivity (Wildman–Crippen MR) is 66.8 cm³/mol. The maximum Gasteiger partial charge on any atom is 0.416 e. The fraction of sp³-hybridized carbons (Fsp3) is 0.308. The summed E-state index contributed by atoms with van der Waals surface area (Å²) in [5, 5.41) is 7.20. The average molecular weight is 269 g/mol. The average Bonchev–Trinajstić information content (AvgIpc) is 2.81. The molecule has 2 aromatic rings. The van der Waals surface area contributed by atoms with Gasteiger partial charge in [0.25, 0.3) is 0 Å². The first-order chi connectivity index (χ1) is 8.95. The van der Waals surface area contributed by atoms with Crippen molar-refractivity contribution in [3.05, 3.63) is 48.3 Å². The van der Waals surface area contributed by atoms with E-state index in [2.05, 4.69) is 10.4 Å². The van der Waals surface area contributed by atoms with Gasteiger partial charge in [-0.15, -0.1) is 0 Å². The van der Waals surface area contributed by atoms with Gasteiger partial charge in [-0.2, -0.15) is 18.3 Å². The van der Waals surface area contributed by atoms with Crippen LogP contribution in [0.3, 0.4) is 0 Å². The number of anilines is 1. The maximum absolute atomic E-state index is 12.4. The van der Waals surface area contributed by atoms with E-state index in [-0.39, 0.29) is 6.04 Å². The maximum atomic E-state index is 12.4. The zero-order valence-corrected chi connectivity index (χ0v) is 10.4. The first kappa shape index (κ1) is 13.5. The van der Waals surface area contributed by atoms with Gasteiger partial charge in [0.1, 0.15) is 0 Å². The summed E-state index contributed by atoms with van der Waals surface area (Å²) in [4.78, 5) is 0. The van der Waals surface area contributed by atoms with Crippen LogP contribution in [-0.4, -0.2) is 15.8 Å². The molecule has 0 spiro atoms. The van der Waals surface area contributed by atoms with Gasteiger partial charge in [0.2, 0.25) is 0 Å². The number of hydrogen-bond acceptors (Lipinski definition) is 2. The van der Waals surface area contributed by atoms with Crippen molar-refractivity contribution in [1.29, 1.82) is 0 Å². The topological polar surface area (TPSA) is 29.9 Å². The molecule has 0 aliphatic heterocycles. The molecule has 0 aliphatic rings. The third-order valence-electron chi connectivity index (χ3n) is 2.65. The van der Waals surface area contributed by atoms with Gasteiger partial charge in [-0.3, -0.25) is 4.68 Å². The van der Waals surface area contributed by atoms with E-state index in [1.807, 2.05) is 19.2 Å².